The smallest absolute Gasteiger partial charge is 0.360 e. The van der Waals surface area contributed by atoms with E-state index in [0.717, 1.165) is 0 Å². The Labute approximate surface area is 72.9 Å². The number of aromatic nitrogens is 1. The van der Waals surface area contributed by atoms with Gasteiger partial charge in [0, 0.05) is 6.07 Å². The maximum absolute atomic E-state index is 10.9. The molecule has 1 rings (SSSR count). The highest BCUT2D eigenvalue weighted by atomic mass is 16.5. The summed E-state index contributed by atoms with van der Waals surface area (Å²) in [7, 11) is 1.25. The van der Waals surface area contributed by atoms with Gasteiger partial charge in [-0.25, -0.2) is 4.79 Å². The molecule has 0 saturated heterocycles. The molecule has 0 aliphatic rings. The van der Waals surface area contributed by atoms with Crippen LogP contribution >= 0.6 is 0 Å². The van der Waals surface area contributed by atoms with E-state index in [9.17, 15) is 4.79 Å². The summed E-state index contributed by atoms with van der Waals surface area (Å²) in [5, 5.41) is 6.77. The summed E-state index contributed by atoms with van der Waals surface area (Å²) in [6.45, 7) is 0.0908. The Hall–Kier alpha value is -2.01. The lowest BCUT2D eigenvalue weighted by Crippen LogP contribution is -2.00. The Morgan fingerprint density at radius 2 is 2.69 bits per heavy atom. The lowest BCUT2D eigenvalue weighted by atomic mass is 10.4. The van der Waals surface area contributed by atoms with Gasteiger partial charge in [0.25, 0.3) is 0 Å². The first kappa shape index (κ1) is 9.08. The average molecular weight is 183 g/mol. The van der Waals surface area contributed by atoms with Gasteiger partial charge in [-0.15, -0.1) is 0 Å². The number of nitrogens with zero attached hydrogens (tertiary/aromatic N) is 3. The summed E-state index contributed by atoms with van der Waals surface area (Å²) in [6.07, 6.45) is 0. The van der Waals surface area contributed by atoms with Crippen molar-refractivity contribution in [3.8, 4) is 0 Å². The van der Waals surface area contributed by atoms with Gasteiger partial charge in [0.2, 0.25) is 4.91 Å². The lowest BCUT2D eigenvalue weighted by molar-refractivity contribution is 0.0589. The van der Waals surface area contributed by atoms with Gasteiger partial charge < -0.3 is 9.26 Å². The Kier molecular flexibility index (Phi) is 2.88. The quantitative estimate of drug-likeness (QED) is 0.419. The van der Waals surface area contributed by atoms with E-state index >= 15 is 0 Å². The van der Waals surface area contributed by atoms with Crippen LogP contribution in [0.25, 0.3) is 0 Å². The number of rotatable bonds is 3. The van der Waals surface area contributed by atoms with Gasteiger partial charge in [-0.2, -0.15) is 0 Å². The Morgan fingerprint density at radius 1 is 1.92 bits per heavy atom. The number of nitrogens with one attached hydrogen (secondary N) is 1. The van der Waals surface area contributed by atoms with Crippen molar-refractivity contribution in [2.45, 2.75) is 6.54 Å². The molecule has 1 heterocycles. The largest absolute Gasteiger partial charge is 0.464 e. The van der Waals surface area contributed by atoms with E-state index in [1.165, 1.54) is 13.2 Å². The highest BCUT2D eigenvalue weighted by Gasteiger charge is 2.12. The van der Waals surface area contributed by atoms with E-state index in [-0.39, 0.29) is 12.2 Å². The maximum atomic E-state index is 10.9. The fourth-order valence-electron chi connectivity index (χ4n) is 0.693. The first-order chi connectivity index (χ1) is 6.27. The number of hydrogen-bond acceptors (Lipinski definition) is 6. The van der Waals surface area contributed by atoms with Gasteiger partial charge in [0.1, 0.15) is 10.6 Å². The van der Waals surface area contributed by atoms with Crippen molar-refractivity contribution >= 4 is 5.97 Å². The van der Waals surface area contributed by atoms with Gasteiger partial charge in [0.15, 0.2) is 18.0 Å². The molecule has 0 fully saturated rings. The van der Waals surface area contributed by atoms with Crippen molar-refractivity contribution in [1.29, 1.82) is 5.53 Å². The van der Waals surface area contributed by atoms with Gasteiger partial charge in [0.05, 0.1) is 7.11 Å². The van der Waals surface area contributed by atoms with Crippen LogP contribution in [0.5, 0.6) is 0 Å². The lowest BCUT2D eigenvalue weighted by Gasteiger charge is -1.88. The second kappa shape index (κ2) is 4.13. The molecule has 7 nitrogen and oxygen atoms in total. The fourth-order valence-corrected chi connectivity index (χ4v) is 0.693. The summed E-state index contributed by atoms with van der Waals surface area (Å²) in [4.78, 5) is 13.6. The molecule has 0 atom stereocenters. The van der Waals surface area contributed by atoms with Crippen molar-refractivity contribution in [1.82, 2.24) is 10.1 Å². The molecule has 0 radical (unpaired) electrons. The molecule has 7 heteroatoms. The van der Waals surface area contributed by atoms with Crippen LogP contribution < -0.4 is 4.91 Å². The third-order valence-corrected chi connectivity index (χ3v) is 1.25. The predicted octanol–water partition coefficient (Wildman–Crippen LogP) is 0.512. The first-order valence-corrected chi connectivity index (χ1v) is 3.35. The molecule has 0 saturated carbocycles. The fraction of sp³-hybridized carbons (Fsp3) is 0.333. The minimum Gasteiger partial charge on any atom is -0.464 e. The molecule has 1 aromatic rings. The van der Waals surface area contributed by atoms with Gasteiger partial charge in [-0.1, -0.05) is 5.16 Å². The van der Waals surface area contributed by atoms with Crippen LogP contribution in [0, 0.1) is 5.53 Å². The molecule has 0 spiro atoms. The van der Waals surface area contributed by atoms with Crippen LogP contribution in [0.3, 0.4) is 0 Å². The highest BCUT2D eigenvalue weighted by Crippen LogP contribution is 2.05. The molecule has 1 N–H and O–H groups in total. The normalized spacial score (nSPS) is 9.00. The van der Waals surface area contributed by atoms with Crippen LogP contribution in [0.15, 0.2) is 15.7 Å². The van der Waals surface area contributed by atoms with E-state index in [1.54, 1.807) is 0 Å². The Balaban J connectivity index is 2.74. The molecule has 68 valence electrons. The van der Waals surface area contributed by atoms with Gasteiger partial charge >= 0.3 is 5.97 Å². The van der Waals surface area contributed by atoms with Crippen molar-refractivity contribution in [2.24, 2.45) is 5.11 Å². The number of hydrogen-bond donors (Lipinski definition) is 1. The third-order valence-electron chi connectivity index (χ3n) is 1.25. The molecule has 1 aromatic heterocycles. The zero-order chi connectivity index (χ0) is 9.68. The van der Waals surface area contributed by atoms with E-state index in [2.05, 4.69) is 19.9 Å². The highest BCUT2D eigenvalue weighted by molar-refractivity contribution is 5.86. The second-order valence-corrected chi connectivity index (χ2v) is 2.07. The van der Waals surface area contributed by atoms with E-state index in [4.69, 9.17) is 10.1 Å². The molecule has 0 aliphatic heterocycles. The number of esters is 1. The van der Waals surface area contributed by atoms with E-state index in [1.807, 2.05) is 0 Å². The molecule has 0 amide bonds. The SMILES string of the molecule is COC(=O)c1cc(CN=[N+]=N)on1. The molecular weight excluding hydrogens is 176 g/mol. The zero-order valence-electron chi connectivity index (χ0n) is 6.85. The summed E-state index contributed by atoms with van der Waals surface area (Å²) < 4.78 is 9.10. The van der Waals surface area contributed by atoms with Crippen molar-refractivity contribution in [3.63, 3.8) is 0 Å². The van der Waals surface area contributed by atoms with Crippen LogP contribution in [-0.4, -0.2) is 18.2 Å². The summed E-state index contributed by atoms with van der Waals surface area (Å²) in [5.74, 6) is -0.214. The molecular formula is C6H7N4O3+. The van der Waals surface area contributed by atoms with E-state index < -0.39 is 5.97 Å². The molecule has 0 aromatic carbocycles. The number of carbonyl (C=O) groups is 1. The number of methoxy groups -OCH3 is 1. The number of carbonyl (C=O) groups excluding carboxylic acids is 1. The molecule has 0 bridgehead atoms. The maximum Gasteiger partial charge on any atom is 0.360 e. The average Bonchev–Trinajstić information content (AvgIpc) is 2.62. The summed E-state index contributed by atoms with van der Waals surface area (Å²) in [6, 6.07) is 1.39. The van der Waals surface area contributed by atoms with Crippen molar-refractivity contribution in [2.75, 3.05) is 7.11 Å². The van der Waals surface area contributed by atoms with Gasteiger partial charge in [-0.3, -0.25) is 0 Å². The summed E-state index contributed by atoms with van der Waals surface area (Å²) >= 11 is 0. The van der Waals surface area contributed by atoms with Crippen LogP contribution in [0.2, 0.25) is 0 Å². The van der Waals surface area contributed by atoms with Crippen molar-refractivity contribution in [3.05, 3.63) is 17.5 Å². The van der Waals surface area contributed by atoms with Gasteiger partial charge in [-0.05, 0) is 0 Å². The second-order valence-electron chi connectivity index (χ2n) is 2.07. The molecule has 13 heavy (non-hydrogen) atoms. The molecule has 0 aliphatic carbocycles. The zero-order valence-corrected chi connectivity index (χ0v) is 6.85. The minimum atomic E-state index is -0.571. The van der Waals surface area contributed by atoms with Crippen LogP contribution in [0.4, 0.5) is 0 Å². The van der Waals surface area contributed by atoms with E-state index in [0.29, 0.717) is 5.76 Å². The molecule has 0 unspecified atom stereocenters. The van der Waals surface area contributed by atoms with Crippen molar-refractivity contribution < 1.29 is 14.1 Å². The monoisotopic (exact) mass is 183 g/mol. The summed E-state index contributed by atoms with van der Waals surface area (Å²) in [5.41, 5.74) is 6.47. The van der Waals surface area contributed by atoms with Crippen LogP contribution in [-0.2, 0) is 11.3 Å². The first-order valence-electron chi connectivity index (χ1n) is 3.35. The van der Waals surface area contributed by atoms with Crippen LogP contribution in [0.1, 0.15) is 16.2 Å². The Morgan fingerprint density at radius 3 is 3.31 bits per heavy atom. The predicted molar refractivity (Wildman–Crippen MR) is 38.8 cm³/mol. The number of ether oxygens (including phenoxy) is 1. The minimum absolute atomic E-state index is 0.0812. The third kappa shape index (κ3) is 2.21. The Bertz CT molecular complexity index is 353. The topological polar surface area (TPSA) is 103 Å². The standard InChI is InChI=1S/C6H7N4O3/c1-12-6(11)5-2-4(13-9-5)3-8-10-7/h2,7H,3H2,1H3/q+1.